The topological polar surface area (TPSA) is 58.6 Å². The third-order valence-corrected chi connectivity index (χ3v) is 7.09. The van der Waals surface area contributed by atoms with Crippen molar-refractivity contribution >= 4 is 21.4 Å². The molecule has 2 rings (SSSR count). The summed E-state index contributed by atoms with van der Waals surface area (Å²) in [6, 6.07) is 3.61. The minimum absolute atomic E-state index is 0.0299. The van der Waals surface area contributed by atoms with Crippen LogP contribution in [0.4, 0.5) is 0 Å². The van der Waals surface area contributed by atoms with Crippen LogP contribution in [0.2, 0.25) is 0 Å². The lowest BCUT2D eigenvalue weighted by Gasteiger charge is -2.26. The van der Waals surface area contributed by atoms with E-state index in [4.69, 9.17) is 4.74 Å². The first kappa shape index (κ1) is 16.9. The molecule has 1 aliphatic rings. The zero-order valence-electron chi connectivity index (χ0n) is 12.7. The summed E-state index contributed by atoms with van der Waals surface area (Å²) >= 11 is 1.36. The number of ether oxygens (including phenoxy) is 1. The molecule has 1 aromatic heterocycles. The maximum absolute atomic E-state index is 12.6. The van der Waals surface area contributed by atoms with Crippen LogP contribution in [0.1, 0.15) is 24.1 Å². The number of hydrogen-bond acceptors (Lipinski definition) is 5. The Labute approximate surface area is 131 Å². The van der Waals surface area contributed by atoms with Crippen LogP contribution in [0, 0.1) is 0 Å². The van der Waals surface area contributed by atoms with Gasteiger partial charge in [0.25, 0.3) is 10.0 Å². The fraction of sp³-hybridized carbons (Fsp3) is 0.714. The Kier molecular flexibility index (Phi) is 6.19. The third-order valence-electron chi connectivity index (χ3n) is 3.66. The van der Waals surface area contributed by atoms with E-state index in [0.717, 1.165) is 43.7 Å². The van der Waals surface area contributed by atoms with Gasteiger partial charge in [0.2, 0.25) is 0 Å². The average Bonchev–Trinajstić information content (AvgIpc) is 2.95. The number of sulfonamides is 1. The quantitative estimate of drug-likeness (QED) is 0.826. The van der Waals surface area contributed by atoms with Gasteiger partial charge in [-0.3, -0.25) is 0 Å². The van der Waals surface area contributed by atoms with E-state index in [1.807, 2.05) is 13.1 Å². The van der Waals surface area contributed by atoms with E-state index in [1.54, 1.807) is 13.1 Å². The van der Waals surface area contributed by atoms with E-state index in [9.17, 15) is 8.42 Å². The van der Waals surface area contributed by atoms with Crippen LogP contribution in [-0.2, 0) is 21.2 Å². The van der Waals surface area contributed by atoms with Crippen LogP contribution in [0.25, 0.3) is 0 Å². The lowest BCUT2D eigenvalue weighted by molar-refractivity contribution is 0.00860. The highest BCUT2D eigenvalue weighted by Crippen LogP contribution is 2.25. The van der Waals surface area contributed by atoms with Gasteiger partial charge in [0.1, 0.15) is 4.21 Å². The van der Waals surface area contributed by atoms with Crippen LogP contribution in [0.5, 0.6) is 0 Å². The molecule has 1 saturated heterocycles. The third kappa shape index (κ3) is 4.50. The fourth-order valence-electron chi connectivity index (χ4n) is 2.37. The minimum Gasteiger partial charge on any atom is -0.377 e. The van der Waals surface area contributed by atoms with Crippen molar-refractivity contribution in [2.24, 2.45) is 0 Å². The molecule has 1 atom stereocenters. The number of nitrogens with one attached hydrogen (secondary N) is 1. The normalized spacial score (nSPS) is 20.0. The van der Waals surface area contributed by atoms with Crippen molar-refractivity contribution in [1.82, 2.24) is 9.62 Å². The lowest BCUT2D eigenvalue weighted by atomic mass is 10.1. The second-order valence-electron chi connectivity index (χ2n) is 5.35. The summed E-state index contributed by atoms with van der Waals surface area (Å²) < 4.78 is 32.6. The molecule has 1 unspecified atom stereocenters. The summed E-state index contributed by atoms with van der Waals surface area (Å²) in [5.74, 6) is 0. The fourth-order valence-corrected chi connectivity index (χ4v) is 5.14. The summed E-state index contributed by atoms with van der Waals surface area (Å²) in [6.07, 6.45) is 4.02. The molecule has 2 heterocycles. The maximum atomic E-state index is 12.6. The van der Waals surface area contributed by atoms with Gasteiger partial charge in [-0.05, 0) is 51.4 Å². The van der Waals surface area contributed by atoms with E-state index >= 15 is 0 Å². The van der Waals surface area contributed by atoms with Crippen molar-refractivity contribution < 1.29 is 13.2 Å². The first-order valence-corrected chi connectivity index (χ1v) is 9.61. The molecule has 0 amide bonds. The summed E-state index contributed by atoms with van der Waals surface area (Å²) in [6.45, 7) is 2.03. The van der Waals surface area contributed by atoms with Gasteiger partial charge in [-0.2, -0.15) is 4.31 Å². The van der Waals surface area contributed by atoms with Crippen molar-refractivity contribution in [2.75, 3.05) is 33.8 Å². The molecule has 1 fully saturated rings. The standard InChI is InChI=1S/C14H24N2O3S2/c1-15-9-8-13-6-7-14(20-13)21(17,18)16(2)11-12-5-3-4-10-19-12/h6-7,12,15H,3-5,8-11H2,1-2H3. The Bertz CT molecular complexity index is 536. The predicted molar refractivity (Wildman–Crippen MR) is 85.4 cm³/mol. The molecule has 0 radical (unpaired) electrons. The summed E-state index contributed by atoms with van der Waals surface area (Å²) in [4.78, 5) is 1.09. The monoisotopic (exact) mass is 332 g/mol. The van der Waals surface area contributed by atoms with Crippen molar-refractivity contribution in [3.8, 4) is 0 Å². The largest absolute Gasteiger partial charge is 0.377 e. The van der Waals surface area contributed by atoms with Gasteiger partial charge in [0, 0.05) is 25.1 Å². The van der Waals surface area contributed by atoms with Crippen molar-refractivity contribution in [1.29, 1.82) is 0 Å². The molecule has 0 saturated carbocycles. The Balaban J connectivity index is 2.00. The summed E-state index contributed by atoms with van der Waals surface area (Å²) in [5.41, 5.74) is 0. The van der Waals surface area contributed by atoms with E-state index in [2.05, 4.69) is 5.32 Å². The van der Waals surface area contributed by atoms with E-state index in [0.29, 0.717) is 10.8 Å². The number of hydrogen-bond donors (Lipinski definition) is 1. The van der Waals surface area contributed by atoms with Gasteiger partial charge in [0.05, 0.1) is 6.10 Å². The van der Waals surface area contributed by atoms with E-state index in [-0.39, 0.29) is 6.10 Å². The molecule has 120 valence electrons. The first-order valence-electron chi connectivity index (χ1n) is 7.35. The van der Waals surface area contributed by atoms with E-state index < -0.39 is 10.0 Å². The van der Waals surface area contributed by atoms with Gasteiger partial charge in [-0.15, -0.1) is 11.3 Å². The zero-order chi connectivity index (χ0) is 15.3. The van der Waals surface area contributed by atoms with Crippen LogP contribution in [0.3, 0.4) is 0 Å². The van der Waals surface area contributed by atoms with Crippen LogP contribution in [-0.4, -0.2) is 52.6 Å². The number of nitrogens with zero attached hydrogens (tertiary/aromatic N) is 1. The molecular formula is C14H24N2O3S2. The average molecular weight is 332 g/mol. The van der Waals surface area contributed by atoms with Crippen LogP contribution >= 0.6 is 11.3 Å². The molecule has 5 nitrogen and oxygen atoms in total. The molecule has 1 aliphatic heterocycles. The predicted octanol–water partition coefficient (Wildman–Crippen LogP) is 1.70. The Hall–Kier alpha value is -0.470. The van der Waals surface area contributed by atoms with Gasteiger partial charge in [0.15, 0.2) is 0 Å². The van der Waals surface area contributed by atoms with Gasteiger partial charge < -0.3 is 10.1 Å². The second-order valence-corrected chi connectivity index (χ2v) is 8.79. The molecule has 0 bridgehead atoms. The first-order chi connectivity index (χ1) is 10.0. The van der Waals surface area contributed by atoms with Gasteiger partial charge in [-0.1, -0.05) is 0 Å². The summed E-state index contributed by atoms with van der Waals surface area (Å²) in [7, 11) is 0.140. The zero-order valence-corrected chi connectivity index (χ0v) is 14.3. The van der Waals surface area contributed by atoms with Crippen LogP contribution < -0.4 is 5.32 Å². The SMILES string of the molecule is CNCCc1ccc(S(=O)(=O)N(C)CC2CCCCO2)s1. The second kappa shape index (κ2) is 7.69. The molecule has 0 spiro atoms. The molecule has 21 heavy (non-hydrogen) atoms. The Morgan fingerprint density at radius 2 is 2.24 bits per heavy atom. The highest BCUT2D eigenvalue weighted by Gasteiger charge is 2.26. The van der Waals surface area contributed by atoms with Gasteiger partial charge >= 0.3 is 0 Å². The number of thiophene rings is 1. The molecule has 1 N–H and O–H groups in total. The molecule has 1 aromatic rings. The van der Waals surface area contributed by atoms with E-state index in [1.165, 1.54) is 15.6 Å². The Morgan fingerprint density at radius 3 is 2.90 bits per heavy atom. The van der Waals surface area contributed by atoms with Crippen molar-refractivity contribution in [3.05, 3.63) is 17.0 Å². The smallest absolute Gasteiger partial charge is 0.252 e. The van der Waals surface area contributed by atoms with Crippen molar-refractivity contribution in [3.63, 3.8) is 0 Å². The lowest BCUT2D eigenvalue weighted by Crippen LogP contribution is -2.36. The maximum Gasteiger partial charge on any atom is 0.252 e. The van der Waals surface area contributed by atoms with Crippen molar-refractivity contribution in [2.45, 2.75) is 36.0 Å². The molecular weight excluding hydrogens is 308 g/mol. The number of rotatable bonds is 7. The molecule has 7 heteroatoms. The molecule has 0 aromatic carbocycles. The van der Waals surface area contributed by atoms with Gasteiger partial charge in [-0.25, -0.2) is 8.42 Å². The summed E-state index contributed by atoms with van der Waals surface area (Å²) in [5, 5.41) is 3.07. The Morgan fingerprint density at radius 1 is 1.43 bits per heavy atom. The van der Waals surface area contributed by atoms with Crippen LogP contribution in [0.15, 0.2) is 16.3 Å². The highest BCUT2D eigenvalue weighted by molar-refractivity contribution is 7.91. The minimum atomic E-state index is -3.39. The molecule has 0 aliphatic carbocycles. The number of likely N-dealkylation sites (N-methyl/N-ethyl adjacent to an activating group) is 2. The highest BCUT2D eigenvalue weighted by atomic mass is 32.2.